The zero-order chi connectivity index (χ0) is 10.7. The van der Waals surface area contributed by atoms with E-state index in [0.29, 0.717) is 0 Å². The molecule has 1 rings (SSSR count). The van der Waals surface area contributed by atoms with E-state index in [-0.39, 0.29) is 14.7 Å². The summed E-state index contributed by atoms with van der Waals surface area (Å²) in [5.41, 5.74) is 0.0956. The number of benzene rings is 1. The monoisotopic (exact) mass is 305 g/mol. The van der Waals surface area contributed by atoms with Crippen molar-refractivity contribution in [2.45, 2.75) is 0 Å². The first-order chi connectivity index (χ1) is 6.61. The van der Waals surface area contributed by atoms with Crippen LogP contribution in [0.2, 0.25) is 0 Å². The molecule has 0 aliphatic rings. The summed E-state index contributed by atoms with van der Waals surface area (Å²) >= 11 is 1.67. The number of halogens is 2. The number of nitriles is 1. The summed E-state index contributed by atoms with van der Waals surface area (Å²) in [6, 6.07) is 4.21. The van der Waals surface area contributed by atoms with Crippen LogP contribution in [-0.4, -0.2) is 13.1 Å². The Labute approximate surface area is 93.6 Å². The van der Waals surface area contributed by atoms with Gasteiger partial charge in [-0.25, -0.2) is 9.18 Å². The third kappa shape index (κ3) is 1.85. The van der Waals surface area contributed by atoms with Gasteiger partial charge in [0.2, 0.25) is 0 Å². The van der Waals surface area contributed by atoms with Gasteiger partial charge in [-0.2, -0.15) is 5.26 Å². The summed E-state index contributed by atoms with van der Waals surface area (Å²) in [5, 5.41) is 8.69. The lowest BCUT2D eigenvalue weighted by Crippen LogP contribution is -2.08. The van der Waals surface area contributed by atoms with Crippen LogP contribution >= 0.6 is 22.6 Å². The summed E-state index contributed by atoms with van der Waals surface area (Å²) in [6.07, 6.45) is 0. The maximum Gasteiger partial charge on any atom is 0.340 e. The van der Waals surface area contributed by atoms with Crippen LogP contribution in [0.1, 0.15) is 15.9 Å². The fourth-order valence-corrected chi connectivity index (χ4v) is 1.64. The number of nitrogens with zero attached hydrogens (tertiary/aromatic N) is 1. The molecule has 3 nitrogen and oxygen atoms in total. The molecule has 0 heterocycles. The minimum Gasteiger partial charge on any atom is -0.465 e. The first-order valence-electron chi connectivity index (χ1n) is 3.58. The molecule has 1 aromatic carbocycles. The molecule has 0 atom stereocenters. The van der Waals surface area contributed by atoms with Crippen molar-refractivity contribution in [3.05, 3.63) is 32.6 Å². The number of carbonyl (C=O) groups is 1. The van der Waals surface area contributed by atoms with Crippen molar-refractivity contribution in [2.75, 3.05) is 7.11 Å². The molecule has 0 N–H and O–H groups in total. The third-order valence-electron chi connectivity index (χ3n) is 1.60. The van der Waals surface area contributed by atoms with Crippen LogP contribution in [0.3, 0.4) is 0 Å². The average molecular weight is 305 g/mol. The van der Waals surface area contributed by atoms with E-state index in [4.69, 9.17) is 5.26 Å². The average Bonchev–Trinajstić information content (AvgIpc) is 2.20. The van der Waals surface area contributed by atoms with Gasteiger partial charge in [-0.1, -0.05) is 0 Å². The summed E-state index contributed by atoms with van der Waals surface area (Å²) in [4.78, 5) is 11.2. The van der Waals surface area contributed by atoms with Crippen molar-refractivity contribution in [2.24, 2.45) is 0 Å². The lowest BCUT2D eigenvalue weighted by molar-refractivity contribution is 0.0598. The Kier molecular flexibility index (Phi) is 3.41. The van der Waals surface area contributed by atoms with Crippen molar-refractivity contribution in [3.63, 3.8) is 0 Å². The van der Waals surface area contributed by atoms with E-state index in [1.54, 1.807) is 28.7 Å². The molecule has 1 aromatic rings. The van der Waals surface area contributed by atoms with Crippen molar-refractivity contribution < 1.29 is 13.9 Å². The van der Waals surface area contributed by atoms with E-state index in [2.05, 4.69) is 4.74 Å². The van der Waals surface area contributed by atoms with Crippen LogP contribution in [0.4, 0.5) is 4.39 Å². The lowest BCUT2D eigenvalue weighted by atomic mass is 10.1. The second kappa shape index (κ2) is 4.37. The molecule has 0 aliphatic heterocycles. The molecule has 0 radical (unpaired) electrons. The number of hydrogen-bond acceptors (Lipinski definition) is 3. The van der Waals surface area contributed by atoms with Crippen molar-refractivity contribution in [1.82, 2.24) is 0 Å². The summed E-state index contributed by atoms with van der Waals surface area (Å²) < 4.78 is 17.6. The highest BCUT2D eigenvalue weighted by Gasteiger charge is 2.18. The molecule has 0 bridgehead atoms. The molecule has 5 heteroatoms. The van der Waals surface area contributed by atoms with Crippen LogP contribution in [-0.2, 0) is 4.74 Å². The molecule has 0 amide bonds. The van der Waals surface area contributed by atoms with Crippen LogP contribution in [0.25, 0.3) is 0 Å². The van der Waals surface area contributed by atoms with Gasteiger partial charge < -0.3 is 4.74 Å². The number of rotatable bonds is 1. The van der Waals surface area contributed by atoms with Crippen molar-refractivity contribution in [3.8, 4) is 6.07 Å². The number of hydrogen-bond donors (Lipinski definition) is 0. The maximum absolute atomic E-state index is 13.1. The number of methoxy groups -OCH3 is 1. The Bertz CT molecular complexity index is 426. The SMILES string of the molecule is COC(=O)c1c(C#N)ccc(F)c1I. The molecule has 0 saturated heterocycles. The summed E-state index contributed by atoms with van der Waals surface area (Å²) in [6.45, 7) is 0. The minimum atomic E-state index is -0.703. The van der Waals surface area contributed by atoms with E-state index < -0.39 is 11.8 Å². The Morgan fingerprint density at radius 2 is 2.29 bits per heavy atom. The third-order valence-corrected chi connectivity index (χ3v) is 2.66. The highest BCUT2D eigenvalue weighted by Crippen LogP contribution is 2.20. The zero-order valence-corrected chi connectivity index (χ0v) is 9.33. The molecular weight excluding hydrogens is 300 g/mol. The molecule has 0 aliphatic carbocycles. The molecule has 0 fully saturated rings. The molecule has 72 valence electrons. The number of esters is 1. The smallest absolute Gasteiger partial charge is 0.340 e. The standard InChI is InChI=1S/C9H5FINO2/c1-14-9(13)7-5(4-12)2-3-6(10)8(7)11/h2-3H,1H3. The highest BCUT2D eigenvalue weighted by atomic mass is 127. The topological polar surface area (TPSA) is 50.1 Å². The fraction of sp³-hybridized carbons (Fsp3) is 0.111. The van der Waals surface area contributed by atoms with E-state index in [1.807, 2.05) is 0 Å². The van der Waals surface area contributed by atoms with Crippen LogP contribution in [0.15, 0.2) is 12.1 Å². The predicted molar refractivity (Wildman–Crippen MR) is 55.2 cm³/mol. The number of carbonyl (C=O) groups excluding carboxylic acids is 1. The summed E-state index contributed by atoms with van der Waals surface area (Å²) in [7, 11) is 1.18. The molecule has 14 heavy (non-hydrogen) atoms. The predicted octanol–water partition coefficient (Wildman–Crippen LogP) is 2.09. The second-order valence-corrected chi connectivity index (χ2v) is 3.47. The highest BCUT2D eigenvalue weighted by molar-refractivity contribution is 14.1. The van der Waals surface area contributed by atoms with Crippen LogP contribution in [0, 0.1) is 20.7 Å². The van der Waals surface area contributed by atoms with Crippen LogP contribution < -0.4 is 0 Å². The van der Waals surface area contributed by atoms with E-state index in [1.165, 1.54) is 13.2 Å². The zero-order valence-electron chi connectivity index (χ0n) is 7.17. The normalized spacial score (nSPS) is 9.29. The van der Waals surface area contributed by atoms with Gasteiger partial charge in [-0.15, -0.1) is 0 Å². The van der Waals surface area contributed by atoms with Gasteiger partial charge in [-0.3, -0.25) is 0 Å². The summed E-state index contributed by atoms with van der Waals surface area (Å²) in [5.74, 6) is -1.24. The second-order valence-electron chi connectivity index (χ2n) is 2.39. The molecule has 0 aromatic heterocycles. The van der Waals surface area contributed by atoms with Gasteiger partial charge in [0.15, 0.2) is 0 Å². The molecule has 0 spiro atoms. The Balaban J connectivity index is 3.45. The Morgan fingerprint density at radius 1 is 1.64 bits per heavy atom. The quantitative estimate of drug-likeness (QED) is 0.590. The number of ether oxygens (including phenoxy) is 1. The first-order valence-corrected chi connectivity index (χ1v) is 4.66. The largest absolute Gasteiger partial charge is 0.465 e. The van der Waals surface area contributed by atoms with Crippen LogP contribution in [0.5, 0.6) is 0 Å². The van der Waals surface area contributed by atoms with Crippen molar-refractivity contribution >= 4 is 28.6 Å². The van der Waals surface area contributed by atoms with Gasteiger partial charge in [0.1, 0.15) is 11.9 Å². The van der Waals surface area contributed by atoms with Gasteiger partial charge in [-0.05, 0) is 34.7 Å². The fourth-order valence-electron chi connectivity index (χ4n) is 0.945. The van der Waals surface area contributed by atoms with Gasteiger partial charge in [0.25, 0.3) is 0 Å². The van der Waals surface area contributed by atoms with E-state index in [0.717, 1.165) is 6.07 Å². The first kappa shape index (κ1) is 10.9. The van der Waals surface area contributed by atoms with Crippen molar-refractivity contribution in [1.29, 1.82) is 5.26 Å². The molecule has 0 saturated carbocycles. The lowest BCUT2D eigenvalue weighted by Gasteiger charge is -2.04. The van der Waals surface area contributed by atoms with Gasteiger partial charge >= 0.3 is 5.97 Å². The van der Waals surface area contributed by atoms with E-state index >= 15 is 0 Å². The van der Waals surface area contributed by atoms with E-state index in [9.17, 15) is 9.18 Å². The van der Waals surface area contributed by atoms with Gasteiger partial charge in [0.05, 0.1) is 21.8 Å². The maximum atomic E-state index is 13.1. The molecular formula is C9H5FINO2. The molecule has 0 unspecified atom stereocenters. The van der Waals surface area contributed by atoms with Gasteiger partial charge in [0, 0.05) is 0 Å². The minimum absolute atomic E-state index is 0.0180. The Hall–Kier alpha value is -1.16. The Morgan fingerprint density at radius 3 is 2.79 bits per heavy atom.